The van der Waals surface area contributed by atoms with E-state index in [1.165, 1.54) is 12.8 Å². The van der Waals surface area contributed by atoms with Crippen LogP contribution in [0.15, 0.2) is 24.3 Å². The standard InChI is InChI=1S/C16H24N2O2/c1-20-15-8-6-13(7-9-15)12-16(19)18(11-10-17)14-4-2-3-5-14/h6-9,14H,2-5,10-12,17H2,1H3. The van der Waals surface area contributed by atoms with Gasteiger partial charge in [-0.2, -0.15) is 0 Å². The molecule has 0 saturated heterocycles. The topological polar surface area (TPSA) is 55.6 Å². The molecule has 0 bridgehead atoms. The van der Waals surface area contributed by atoms with Gasteiger partial charge in [-0.1, -0.05) is 25.0 Å². The number of hydrogen-bond acceptors (Lipinski definition) is 3. The van der Waals surface area contributed by atoms with Gasteiger partial charge in [0, 0.05) is 19.1 Å². The summed E-state index contributed by atoms with van der Waals surface area (Å²) < 4.78 is 5.13. The molecule has 20 heavy (non-hydrogen) atoms. The van der Waals surface area contributed by atoms with E-state index < -0.39 is 0 Å². The largest absolute Gasteiger partial charge is 0.497 e. The minimum Gasteiger partial charge on any atom is -0.497 e. The van der Waals surface area contributed by atoms with Crippen LogP contribution in [0.2, 0.25) is 0 Å². The Balaban J connectivity index is 1.99. The number of nitrogens with two attached hydrogens (primary N) is 1. The first-order chi connectivity index (χ1) is 9.74. The third-order valence-electron chi connectivity index (χ3n) is 3.97. The highest BCUT2D eigenvalue weighted by Gasteiger charge is 2.25. The summed E-state index contributed by atoms with van der Waals surface area (Å²) in [6.45, 7) is 1.20. The minimum absolute atomic E-state index is 0.188. The maximum atomic E-state index is 12.5. The highest BCUT2D eigenvalue weighted by molar-refractivity contribution is 5.79. The maximum absolute atomic E-state index is 12.5. The van der Waals surface area contributed by atoms with Gasteiger partial charge >= 0.3 is 0 Å². The van der Waals surface area contributed by atoms with Crippen LogP contribution in [-0.2, 0) is 11.2 Å². The van der Waals surface area contributed by atoms with Gasteiger partial charge in [-0.3, -0.25) is 4.79 Å². The van der Waals surface area contributed by atoms with Gasteiger partial charge < -0.3 is 15.4 Å². The molecule has 0 radical (unpaired) electrons. The van der Waals surface area contributed by atoms with Crippen molar-refractivity contribution in [3.05, 3.63) is 29.8 Å². The molecule has 1 aromatic rings. The van der Waals surface area contributed by atoms with Crippen LogP contribution in [0.5, 0.6) is 5.75 Å². The lowest BCUT2D eigenvalue weighted by atomic mass is 10.1. The molecule has 4 nitrogen and oxygen atoms in total. The Hall–Kier alpha value is -1.55. The molecule has 0 atom stereocenters. The minimum atomic E-state index is 0.188. The van der Waals surface area contributed by atoms with Gasteiger partial charge in [0.1, 0.15) is 5.75 Å². The second kappa shape index (κ2) is 7.29. The second-order valence-electron chi connectivity index (χ2n) is 5.34. The number of hydrogen-bond donors (Lipinski definition) is 1. The van der Waals surface area contributed by atoms with E-state index in [9.17, 15) is 4.79 Å². The molecule has 1 saturated carbocycles. The van der Waals surface area contributed by atoms with Crippen molar-refractivity contribution in [1.29, 1.82) is 0 Å². The molecule has 1 aromatic carbocycles. The van der Waals surface area contributed by atoms with E-state index in [1.54, 1.807) is 7.11 Å². The van der Waals surface area contributed by atoms with Gasteiger partial charge in [0.05, 0.1) is 13.5 Å². The molecule has 1 fully saturated rings. The Bertz CT molecular complexity index is 425. The number of carbonyl (C=O) groups is 1. The number of nitrogens with zero attached hydrogens (tertiary/aromatic N) is 1. The zero-order valence-electron chi connectivity index (χ0n) is 12.2. The predicted molar refractivity (Wildman–Crippen MR) is 79.7 cm³/mol. The molecule has 1 aliphatic rings. The van der Waals surface area contributed by atoms with E-state index in [0.717, 1.165) is 24.2 Å². The summed E-state index contributed by atoms with van der Waals surface area (Å²) >= 11 is 0. The average Bonchev–Trinajstić information content (AvgIpc) is 2.99. The van der Waals surface area contributed by atoms with Crippen LogP contribution in [0.3, 0.4) is 0 Å². The fourth-order valence-electron chi connectivity index (χ4n) is 2.89. The molecule has 0 aromatic heterocycles. The average molecular weight is 276 g/mol. The fraction of sp³-hybridized carbons (Fsp3) is 0.562. The first-order valence-corrected chi connectivity index (χ1v) is 7.37. The first kappa shape index (κ1) is 14.9. The quantitative estimate of drug-likeness (QED) is 0.864. The fourth-order valence-corrected chi connectivity index (χ4v) is 2.89. The molecule has 0 heterocycles. The third-order valence-corrected chi connectivity index (χ3v) is 3.97. The Morgan fingerprint density at radius 1 is 1.30 bits per heavy atom. The van der Waals surface area contributed by atoms with Gasteiger partial charge in [0.15, 0.2) is 0 Å². The molecule has 2 N–H and O–H groups in total. The number of carbonyl (C=O) groups excluding carboxylic acids is 1. The molecule has 1 amide bonds. The van der Waals surface area contributed by atoms with E-state index in [4.69, 9.17) is 10.5 Å². The predicted octanol–water partition coefficient (Wildman–Crippen LogP) is 1.97. The molecule has 110 valence electrons. The lowest BCUT2D eigenvalue weighted by Gasteiger charge is -2.28. The highest BCUT2D eigenvalue weighted by atomic mass is 16.5. The molecular weight excluding hydrogens is 252 g/mol. The van der Waals surface area contributed by atoms with Crippen LogP contribution in [-0.4, -0.2) is 37.0 Å². The van der Waals surface area contributed by atoms with Crippen LogP contribution in [0.1, 0.15) is 31.2 Å². The van der Waals surface area contributed by atoms with Crippen molar-refractivity contribution in [3.8, 4) is 5.75 Å². The van der Waals surface area contributed by atoms with Gasteiger partial charge in [-0.15, -0.1) is 0 Å². The summed E-state index contributed by atoms with van der Waals surface area (Å²) in [5, 5.41) is 0. The van der Waals surface area contributed by atoms with Gasteiger partial charge in [-0.25, -0.2) is 0 Å². The molecule has 4 heteroatoms. The van der Waals surface area contributed by atoms with Crippen LogP contribution in [0, 0.1) is 0 Å². The second-order valence-corrected chi connectivity index (χ2v) is 5.34. The Labute approximate surface area is 120 Å². The van der Waals surface area contributed by atoms with E-state index in [2.05, 4.69) is 0 Å². The zero-order valence-corrected chi connectivity index (χ0v) is 12.2. The van der Waals surface area contributed by atoms with Gasteiger partial charge in [0.25, 0.3) is 0 Å². The van der Waals surface area contributed by atoms with Crippen molar-refractivity contribution in [2.45, 2.75) is 38.1 Å². The van der Waals surface area contributed by atoms with Crippen LogP contribution in [0.4, 0.5) is 0 Å². The van der Waals surface area contributed by atoms with E-state index in [0.29, 0.717) is 25.6 Å². The smallest absolute Gasteiger partial charge is 0.227 e. The number of amides is 1. The summed E-state index contributed by atoms with van der Waals surface area (Å²) in [6, 6.07) is 8.08. The molecule has 0 aliphatic heterocycles. The maximum Gasteiger partial charge on any atom is 0.227 e. The van der Waals surface area contributed by atoms with E-state index in [1.807, 2.05) is 29.2 Å². The summed E-state index contributed by atoms with van der Waals surface area (Å²) in [4.78, 5) is 14.5. The lowest BCUT2D eigenvalue weighted by Crippen LogP contribution is -2.42. The lowest BCUT2D eigenvalue weighted by molar-refractivity contribution is -0.132. The number of ether oxygens (including phenoxy) is 1. The first-order valence-electron chi connectivity index (χ1n) is 7.37. The van der Waals surface area contributed by atoms with Crippen molar-refractivity contribution in [2.24, 2.45) is 5.73 Å². The van der Waals surface area contributed by atoms with Crippen LogP contribution in [0.25, 0.3) is 0 Å². The normalized spacial score (nSPS) is 15.3. The SMILES string of the molecule is COc1ccc(CC(=O)N(CCN)C2CCCC2)cc1. The van der Waals surface area contributed by atoms with Crippen molar-refractivity contribution < 1.29 is 9.53 Å². The van der Waals surface area contributed by atoms with Crippen molar-refractivity contribution >= 4 is 5.91 Å². The van der Waals surface area contributed by atoms with E-state index in [-0.39, 0.29) is 5.91 Å². The van der Waals surface area contributed by atoms with Crippen LogP contribution >= 0.6 is 0 Å². The number of benzene rings is 1. The molecule has 0 spiro atoms. The molecule has 1 aliphatic carbocycles. The molecule has 0 unspecified atom stereocenters. The van der Waals surface area contributed by atoms with Crippen LogP contribution < -0.4 is 10.5 Å². The summed E-state index contributed by atoms with van der Waals surface area (Å²) in [5.74, 6) is 1.00. The Kier molecular flexibility index (Phi) is 5.41. The van der Waals surface area contributed by atoms with Crippen molar-refractivity contribution in [1.82, 2.24) is 4.90 Å². The zero-order chi connectivity index (χ0) is 14.4. The summed E-state index contributed by atoms with van der Waals surface area (Å²) in [5.41, 5.74) is 6.68. The molecule has 2 rings (SSSR count). The number of rotatable bonds is 6. The number of methoxy groups -OCH3 is 1. The van der Waals surface area contributed by atoms with Crippen molar-refractivity contribution in [3.63, 3.8) is 0 Å². The Morgan fingerprint density at radius 3 is 2.50 bits per heavy atom. The van der Waals surface area contributed by atoms with Gasteiger partial charge in [-0.05, 0) is 30.5 Å². The van der Waals surface area contributed by atoms with Crippen molar-refractivity contribution in [2.75, 3.05) is 20.2 Å². The molecular formula is C16H24N2O2. The monoisotopic (exact) mass is 276 g/mol. The Morgan fingerprint density at radius 2 is 1.95 bits per heavy atom. The summed E-state index contributed by atoms with van der Waals surface area (Å²) in [7, 11) is 1.64. The third kappa shape index (κ3) is 3.73. The van der Waals surface area contributed by atoms with Gasteiger partial charge in [0.2, 0.25) is 5.91 Å². The van der Waals surface area contributed by atoms with E-state index >= 15 is 0 Å². The highest BCUT2D eigenvalue weighted by Crippen LogP contribution is 2.24. The summed E-state index contributed by atoms with van der Waals surface area (Å²) in [6.07, 6.45) is 5.13.